The molecule has 1 N–H and O–H groups in total. The molecule has 0 atom stereocenters. The summed E-state index contributed by atoms with van der Waals surface area (Å²) in [7, 11) is 0. The molecular weight excluding hydrogens is 404 g/mol. The van der Waals surface area contributed by atoms with E-state index in [2.05, 4.69) is 20.3 Å². The van der Waals surface area contributed by atoms with Crippen molar-refractivity contribution in [3.05, 3.63) is 106 Å². The summed E-state index contributed by atoms with van der Waals surface area (Å²) in [6.07, 6.45) is 2.97. The van der Waals surface area contributed by atoms with Crippen LogP contribution in [0.2, 0.25) is 0 Å². The molecule has 0 aliphatic heterocycles. The van der Waals surface area contributed by atoms with Crippen molar-refractivity contribution in [2.75, 3.05) is 10.2 Å². The molecule has 0 radical (unpaired) electrons. The number of benzene rings is 2. The van der Waals surface area contributed by atoms with Crippen molar-refractivity contribution in [1.29, 1.82) is 0 Å². The van der Waals surface area contributed by atoms with Gasteiger partial charge in [0.1, 0.15) is 12.1 Å². The smallest absolute Gasteiger partial charge is 0.334 e. The Bertz CT molecular complexity index is 1230. The van der Waals surface area contributed by atoms with Crippen molar-refractivity contribution in [3.8, 4) is 0 Å². The van der Waals surface area contributed by atoms with Gasteiger partial charge in [0.15, 0.2) is 0 Å². The molecule has 0 amide bonds. The van der Waals surface area contributed by atoms with Gasteiger partial charge in [0.25, 0.3) is 0 Å². The van der Waals surface area contributed by atoms with Crippen LogP contribution in [0.4, 0.5) is 28.8 Å². The van der Waals surface area contributed by atoms with E-state index < -0.39 is 4.92 Å². The van der Waals surface area contributed by atoms with Crippen LogP contribution in [0, 0.1) is 24.0 Å². The van der Waals surface area contributed by atoms with Crippen molar-refractivity contribution in [3.63, 3.8) is 0 Å². The van der Waals surface area contributed by atoms with Gasteiger partial charge in [-0.2, -0.15) is 0 Å². The van der Waals surface area contributed by atoms with E-state index in [-0.39, 0.29) is 17.3 Å². The third-order valence-electron chi connectivity index (χ3n) is 5.12. The molecule has 160 valence electrons. The Hall–Kier alpha value is -4.33. The summed E-state index contributed by atoms with van der Waals surface area (Å²) < 4.78 is 0. The largest absolute Gasteiger partial charge is 0.354 e. The van der Waals surface area contributed by atoms with Crippen molar-refractivity contribution in [2.24, 2.45) is 0 Å². The van der Waals surface area contributed by atoms with Gasteiger partial charge in [-0.3, -0.25) is 10.1 Å². The molecule has 0 bridgehead atoms. The Morgan fingerprint density at radius 1 is 0.938 bits per heavy atom. The zero-order valence-electron chi connectivity index (χ0n) is 17.8. The standard InChI is InChI=1S/C24H22N6O2/c1-17-11-12-20(14-18(17)2)28-23-22(30(31)32)24(27-16-26-23)29(21-10-6-7-13-25-21)15-19-8-4-3-5-9-19/h3-14,16H,15H2,1-2H3,(H,26,27,28). The molecule has 2 aromatic carbocycles. The first-order chi connectivity index (χ1) is 15.5. The maximum Gasteiger partial charge on any atom is 0.354 e. The maximum absolute atomic E-state index is 12.2. The van der Waals surface area contributed by atoms with Gasteiger partial charge in [0.2, 0.25) is 11.6 Å². The molecule has 0 aliphatic carbocycles. The van der Waals surface area contributed by atoms with E-state index in [1.165, 1.54) is 6.33 Å². The minimum Gasteiger partial charge on any atom is -0.334 e. The lowest BCUT2D eigenvalue weighted by molar-refractivity contribution is -0.383. The lowest BCUT2D eigenvalue weighted by Crippen LogP contribution is -2.21. The molecule has 0 saturated carbocycles. The van der Waals surface area contributed by atoms with Crippen LogP contribution < -0.4 is 10.2 Å². The third kappa shape index (κ3) is 4.54. The Morgan fingerprint density at radius 3 is 2.41 bits per heavy atom. The lowest BCUT2D eigenvalue weighted by Gasteiger charge is -2.23. The van der Waals surface area contributed by atoms with Crippen LogP contribution in [0.15, 0.2) is 79.3 Å². The fourth-order valence-electron chi connectivity index (χ4n) is 3.33. The van der Waals surface area contributed by atoms with E-state index in [4.69, 9.17) is 0 Å². The summed E-state index contributed by atoms with van der Waals surface area (Å²) in [4.78, 5) is 26.3. The first kappa shape index (κ1) is 20.9. The van der Waals surface area contributed by atoms with E-state index in [1.54, 1.807) is 23.2 Å². The Morgan fingerprint density at radius 2 is 1.72 bits per heavy atom. The molecule has 0 saturated heterocycles. The monoisotopic (exact) mass is 426 g/mol. The third-order valence-corrected chi connectivity index (χ3v) is 5.12. The second-order valence-corrected chi connectivity index (χ2v) is 7.34. The van der Waals surface area contributed by atoms with Crippen LogP contribution >= 0.6 is 0 Å². The van der Waals surface area contributed by atoms with Crippen molar-refractivity contribution >= 4 is 28.8 Å². The number of aryl methyl sites for hydroxylation is 2. The molecule has 0 aliphatic rings. The number of anilines is 4. The average Bonchev–Trinajstić information content (AvgIpc) is 2.81. The van der Waals surface area contributed by atoms with Gasteiger partial charge in [0.05, 0.1) is 11.5 Å². The quantitative estimate of drug-likeness (QED) is 0.309. The summed E-state index contributed by atoms with van der Waals surface area (Å²) in [5.74, 6) is 0.839. The first-order valence-corrected chi connectivity index (χ1v) is 10.1. The highest BCUT2D eigenvalue weighted by Gasteiger charge is 2.29. The van der Waals surface area contributed by atoms with Gasteiger partial charge in [0, 0.05) is 11.9 Å². The minimum atomic E-state index is -0.459. The lowest BCUT2D eigenvalue weighted by atomic mass is 10.1. The predicted octanol–water partition coefficient (Wildman–Crippen LogP) is 5.48. The number of hydrogen-bond donors (Lipinski definition) is 1. The number of rotatable bonds is 7. The average molecular weight is 426 g/mol. The fourth-order valence-corrected chi connectivity index (χ4v) is 3.33. The number of nitrogens with zero attached hydrogens (tertiary/aromatic N) is 5. The van der Waals surface area contributed by atoms with Crippen LogP contribution in [0.3, 0.4) is 0 Å². The summed E-state index contributed by atoms with van der Waals surface area (Å²) in [5, 5.41) is 15.3. The number of hydrogen-bond acceptors (Lipinski definition) is 7. The van der Waals surface area contributed by atoms with Crippen molar-refractivity contribution in [1.82, 2.24) is 15.0 Å². The SMILES string of the molecule is Cc1ccc(Nc2ncnc(N(Cc3ccccc3)c3ccccn3)c2[N+](=O)[O-])cc1C. The Balaban J connectivity index is 1.81. The van der Waals surface area contributed by atoms with Crippen molar-refractivity contribution in [2.45, 2.75) is 20.4 Å². The van der Waals surface area contributed by atoms with Crippen LogP contribution in [-0.2, 0) is 6.54 Å². The van der Waals surface area contributed by atoms with Crippen LogP contribution in [0.5, 0.6) is 0 Å². The summed E-state index contributed by atoms with van der Waals surface area (Å²) in [6.45, 7) is 4.36. The molecule has 8 nitrogen and oxygen atoms in total. The summed E-state index contributed by atoms with van der Waals surface area (Å²) >= 11 is 0. The van der Waals surface area contributed by atoms with E-state index in [0.29, 0.717) is 18.1 Å². The molecule has 4 rings (SSSR count). The Kier molecular flexibility index (Phi) is 6.03. The highest BCUT2D eigenvalue weighted by atomic mass is 16.6. The van der Waals surface area contributed by atoms with Gasteiger partial charge < -0.3 is 10.2 Å². The zero-order chi connectivity index (χ0) is 22.5. The molecule has 8 heteroatoms. The predicted molar refractivity (Wildman–Crippen MR) is 124 cm³/mol. The van der Waals surface area contributed by atoms with Crippen LogP contribution in [0.1, 0.15) is 16.7 Å². The molecule has 4 aromatic rings. The molecular formula is C24H22N6O2. The molecule has 0 spiro atoms. The summed E-state index contributed by atoms with van der Waals surface area (Å²) in [5.41, 5.74) is 3.68. The number of nitro groups is 1. The molecule has 32 heavy (non-hydrogen) atoms. The zero-order valence-corrected chi connectivity index (χ0v) is 17.8. The first-order valence-electron chi connectivity index (χ1n) is 10.1. The second-order valence-electron chi connectivity index (χ2n) is 7.34. The number of aromatic nitrogens is 3. The van der Waals surface area contributed by atoms with E-state index in [0.717, 1.165) is 16.7 Å². The highest BCUT2D eigenvalue weighted by Crippen LogP contribution is 2.37. The van der Waals surface area contributed by atoms with E-state index in [1.807, 2.05) is 68.4 Å². The topological polar surface area (TPSA) is 97.1 Å². The van der Waals surface area contributed by atoms with E-state index in [9.17, 15) is 10.1 Å². The molecule has 0 fully saturated rings. The number of pyridine rings is 1. The number of nitrogens with one attached hydrogen (secondary N) is 1. The van der Waals surface area contributed by atoms with Gasteiger partial charge in [-0.1, -0.05) is 42.5 Å². The molecule has 2 aromatic heterocycles. The summed E-state index contributed by atoms with van der Waals surface area (Å²) in [6, 6.07) is 20.9. The minimum absolute atomic E-state index is 0.122. The second kappa shape index (κ2) is 9.22. The highest BCUT2D eigenvalue weighted by molar-refractivity contribution is 5.77. The van der Waals surface area contributed by atoms with Crippen LogP contribution in [-0.4, -0.2) is 19.9 Å². The van der Waals surface area contributed by atoms with Gasteiger partial charge >= 0.3 is 5.69 Å². The van der Waals surface area contributed by atoms with Gasteiger partial charge in [-0.05, 0) is 54.8 Å². The fraction of sp³-hybridized carbons (Fsp3) is 0.125. The molecule has 2 heterocycles. The van der Waals surface area contributed by atoms with Gasteiger partial charge in [-0.15, -0.1) is 0 Å². The van der Waals surface area contributed by atoms with E-state index >= 15 is 0 Å². The Labute approximate surface area is 185 Å². The normalized spacial score (nSPS) is 10.6. The van der Waals surface area contributed by atoms with Gasteiger partial charge in [-0.25, -0.2) is 15.0 Å². The maximum atomic E-state index is 12.2. The molecule has 0 unspecified atom stereocenters. The van der Waals surface area contributed by atoms with Crippen molar-refractivity contribution < 1.29 is 4.92 Å². The van der Waals surface area contributed by atoms with Crippen LogP contribution in [0.25, 0.3) is 0 Å².